The van der Waals surface area contributed by atoms with Gasteiger partial charge in [-0.25, -0.2) is 4.98 Å². The molecule has 0 unspecified atom stereocenters. The minimum absolute atomic E-state index is 0.00561. The zero-order chi connectivity index (χ0) is 22.3. The Balaban J connectivity index is 1.42. The molecule has 0 radical (unpaired) electrons. The second-order valence-electron chi connectivity index (χ2n) is 9.07. The van der Waals surface area contributed by atoms with Gasteiger partial charge in [-0.15, -0.1) is 0 Å². The molecular weight excluding hydrogens is 404 g/mol. The summed E-state index contributed by atoms with van der Waals surface area (Å²) in [5.41, 5.74) is 4.32. The molecule has 2 aliphatic rings. The third-order valence-corrected chi connectivity index (χ3v) is 6.50. The van der Waals surface area contributed by atoms with Crippen molar-refractivity contribution in [2.24, 2.45) is 0 Å². The number of rotatable bonds is 8. The zero-order valence-corrected chi connectivity index (χ0v) is 19.5. The minimum Gasteiger partial charge on any atom is -0.447 e. The Labute approximate surface area is 191 Å². The van der Waals surface area contributed by atoms with Gasteiger partial charge < -0.3 is 14.1 Å². The van der Waals surface area contributed by atoms with Gasteiger partial charge in [-0.05, 0) is 44.2 Å². The number of amides is 1. The molecule has 174 valence electrons. The van der Waals surface area contributed by atoms with Gasteiger partial charge in [0, 0.05) is 45.8 Å². The van der Waals surface area contributed by atoms with Crippen molar-refractivity contribution in [3.63, 3.8) is 0 Å². The number of benzene rings is 1. The summed E-state index contributed by atoms with van der Waals surface area (Å²) in [4.78, 5) is 24.0. The molecule has 1 amide bonds. The molecule has 0 aliphatic carbocycles. The monoisotopic (exact) mass is 440 g/mol. The molecule has 2 aromatic rings. The molecule has 4 rings (SSSR count). The van der Waals surface area contributed by atoms with Crippen LogP contribution in [0.25, 0.3) is 0 Å². The summed E-state index contributed by atoms with van der Waals surface area (Å²) < 4.78 is 11.2. The van der Waals surface area contributed by atoms with Crippen LogP contribution in [0, 0.1) is 13.8 Å². The molecule has 0 N–H and O–H groups in total. The molecule has 0 saturated carbocycles. The lowest BCUT2D eigenvalue weighted by Gasteiger charge is -2.30. The van der Waals surface area contributed by atoms with Crippen molar-refractivity contribution in [2.75, 3.05) is 52.5 Å². The van der Waals surface area contributed by atoms with Crippen LogP contribution in [-0.2, 0) is 17.8 Å². The summed E-state index contributed by atoms with van der Waals surface area (Å²) in [5.74, 6) is 0.603. The summed E-state index contributed by atoms with van der Waals surface area (Å²) in [7, 11) is 0. The van der Waals surface area contributed by atoms with Gasteiger partial charge in [-0.3, -0.25) is 14.6 Å². The minimum atomic E-state index is -0.00561. The van der Waals surface area contributed by atoms with Crippen LogP contribution in [0.4, 0.5) is 0 Å². The molecule has 3 heterocycles. The molecule has 32 heavy (non-hydrogen) atoms. The predicted molar refractivity (Wildman–Crippen MR) is 124 cm³/mol. The number of carbonyl (C=O) groups excluding carboxylic acids is 1. The summed E-state index contributed by atoms with van der Waals surface area (Å²) in [6, 6.07) is 6.62. The third kappa shape index (κ3) is 6.18. The van der Waals surface area contributed by atoms with Crippen LogP contribution >= 0.6 is 0 Å². The number of ether oxygens (including phenoxy) is 1. The van der Waals surface area contributed by atoms with Crippen LogP contribution in [0.15, 0.2) is 28.9 Å². The molecule has 7 heteroatoms. The maximum atomic E-state index is 12.8. The fraction of sp³-hybridized carbons (Fsp3) is 0.600. The van der Waals surface area contributed by atoms with Gasteiger partial charge in [0.05, 0.1) is 19.8 Å². The highest BCUT2D eigenvalue weighted by atomic mass is 16.5. The van der Waals surface area contributed by atoms with E-state index in [9.17, 15) is 4.79 Å². The zero-order valence-electron chi connectivity index (χ0n) is 19.5. The van der Waals surface area contributed by atoms with Crippen LogP contribution in [0.5, 0.6) is 0 Å². The maximum Gasteiger partial charge on any atom is 0.275 e. The quantitative estimate of drug-likeness (QED) is 0.628. The predicted octanol–water partition coefficient (Wildman–Crippen LogP) is 3.25. The molecular formula is C25H36N4O3. The summed E-state index contributed by atoms with van der Waals surface area (Å²) in [5, 5.41) is 0. The highest BCUT2D eigenvalue weighted by Crippen LogP contribution is 2.17. The number of aryl methyl sites for hydroxylation is 2. The van der Waals surface area contributed by atoms with E-state index in [1.165, 1.54) is 29.4 Å². The van der Waals surface area contributed by atoms with E-state index in [-0.39, 0.29) is 5.91 Å². The number of hydrogen-bond acceptors (Lipinski definition) is 6. The van der Waals surface area contributed by atoms with Crippen LogP contribution in [0.1, 0.15) is 52.3 Å². The van der Waals surface area contributed by atoms with Gasteiger partial charge in [0.15, 0.2) is 5.69 Å². The van der Waals surface area contributed by atoms with Crippen molar-refractivity contribution in [1.29, 1.82) is 0 Å². The number of oxazole rings is 1. The maximum absolute atomic E-state index is 12.8. The first-order chi connectivity index (χ1) is 15.6. The normalized spacial score (nSPS) is 17.8. The number of hydrogen-bond donors (Lipinski definition) is 0. The van der Waals surface area contributed by atoms with Crippen molar-refractivity contribution in [2.45, 2.75) is 46.2 Å². The number of aromatic nitrogens is 1. The van der Waals surface area contributed by atoms with E-state index in [0.29, 0.717) is 18.1 Å². The SMILES string of the molecule is Cc1ccc(CN(CCN2CCOCC2)Cc2nc(C(=O)N3CCCCC3)co2)c(C)c1. The first-order valence-electron chi connectivity index (χ1n) is 11.9. The summed E-state index contributed by atoms with van der Waals surface area (Å²) >= 11 is 0. The number of piperidine rings is 1. The Morgan fingerprint density at radius 1 is 1.06 bits per heavy atom. The van der Waals surface area contributed by atoms with Crippen LogP contribution in [0.2, 0.25) is 0 Å². The Hall–Kier alpha value is -2.22. The van der Waals surface area contributed by atoms with E-state index in [1.54, 1.807) is 0 Å². The number of carbonyl (C=O) groups is 1. The first-order valence-corrected chi connectivity index (χ1v) is 11.9. The van der Waals surface area contributed by atoms with E-state index in [4.69, 9.17) is 9.15 Å². The lowest BCUT2D eigenvalue weighted by atomic mass is 10.1. The van der Waals surface area contributed by atoms with E-state index in [1.807, 2.05) is 4.90 Å². The average Bonchev–Trinajstić information content (AvgIpc) is 3.28. The summed E-state index contributed by atoms with van der Waals surface area (Å²) in [6.07, 6.45) is 4.87. The molecule has 0 atom stereocenters. The standard InChI is InChI=1S/C25H36N4O3/c1-20-6-7-22(21(2)16-20)17-28(11-10-27-12-14-31-15-13-27)18-24-26-23(19-32-24)25(30)29-8-4-3-5-9-29/h6-7,16,19H,3-5,8-15,17-18H2,1-2H3. The van der Waals surface area contributed by atoms with Gasteiger partial charge in [0.2, 0.25) is 5.89 Å². The molecule has 0 spiro atoms. The third-order valence-electron chi connectivity index (χ3n) is 6.50. The number of morpholine rings is 1. The molecule has 2 aliphatic heterocycles. The van der Waals surface area contributed by atoms with Crippen LogP contribution in [0.3, 0.4) is 0 Å². The second-order valence-corrected chi connectivity index (χ2v) is 9.07. The van der Waals surface area contributed by atoms with Crippen molar-refractivity contribution in [1.82, 2.24) is 19.7 Å². The van der Waals surface area contributed by atoms with Gasteiger partial charge >= 0.3 is 0 Å². The Morgan fingerprint density at radius 2 is 1.84 bits per heavy atom. The fourth-order valence-corrected chi connectivity index (χ4v) is 4.52. The molecule has 2 fully saturated rings. The van der Waals surface area contributed by atoms with Crippen LogP contribution < -0.4 is 0 Å². The van der Waals surface area contributed by atoms with Crippen molar-refractivity contribution in [3.8, 4) is 0 Å². The van der Waals surface area contributed by atoms with Crippen LogP contribution in [-0.4, -0.2) is 78.1 Å². The topological polar surface area (TPSA) is 62.1 Å². The molecule has 1 aromatic heterocycles. The smallest absolute Gasteiger partial charge is 0.275 e. The summed E-state index contributed by atoms with van der Waals surface area (Å²) in [6.45, 7) is 12.8. The molecule has 7 nitrogen and oxygen atoms in total. The van der Waals surface area contributed by atoms with Crippen molar-refractivity contribution < 1.29 is 13.9 Å². The lowest BCUT2D eigenvalue weighted by molar-refractivity contribution is 0.0320. The van der Waals surface area contributed by atoms with Crippen molar-refractivity contribution >= 4 is 5.91 Å². The van der Waals surface area contributed by atoms with Gasteiger partial charge in [0.25, 0.3) is 5.91 Å². The van der Waals surface area contributed by atoms with E-state index >= 15 is 0 Å². The lowest BCUT2D eigenvalue weighted by Crippen LogP contribution is -2.41. The highest BCUT2D eigenvalue weighted by Gasteiger charge is 2.22. The van der Waals surface area contributed by atoms with E-state index < -0.39 is 0 Å². The average molecular weight is 441 g/mol. The number of nitrogens with zero attached hydrogens (tertiary/aromatic N) is 4. The van der Waals surface area contributed by atoms with Gasteiger partial charge in [-0.1, -0.05) is 23.8 Å². The molecule has 2 saturated heterocycles. The van der Waals surface area contributed by atoms with Gasteiger partial charge in [0.1, 0.15) is 6.26 Å². The fourth-order valence-electron chi connectivity index (χ4n) is 4.52. The molecule has 0 bridgehead atoms. The number of likely N-dealkylation sites (tertiary alicyclic amines) is 1. The molecule has 1 aromatic carbocycles. The highest BCUT2D eigenvalue weighted by molar-refractivity contribution is 5.92. The van der Waals surface area contributed by atoms with E-state index in [2.05, 4.69) is 46.8 Å². The largest absolute Gasteiger partial charge is 0.447 e. The second kappa shape index (κ2) is 11.1. The Bertz CT molecular complexity index is 885. The van der Waals surface area contributed by atoms with E-state index in [0.717, 1.165) is 71.9 Å². The van der Waals surface area contributed by atoms with Gasteiger partial charge in [-0.2, -0.15) is 0 Å². The first kappa shape index (κ1) is 23.0. The van der Waals surface area contributed by atoms with Crippen molar-refractivity contribution in [3.05, 3.63) is 52.7 Å². The Morgan fingerprint density at radius 3 is 2.59 bits per heavy atom. The Kier molecular flexibility index (Phi) is 7.95.